The average molecular weight is 366 g/mol. The Kier molecular flexibility index (Phi) is 5.40. The van der Waals surface area contributed by atoms with E-state index >= 15 is 0 Å². The van der Waals surface area contributed by atoms with Gasteiger partial charge < -0.3 is 21.3 Å². The molecular formula is C20H22N4O3. The molecule has 1 unspecified atom stereocenters. The Morgan fingerprint density at radius 1 is 1.11 bits per heavy atom. The number of nitrogens with one attached hydrogen (secondary N) is 2. The van der Waals surface area contributed by atoms with Gasteiger partial charge in [-0.2, -0.15) is 0 Å². The minimum atomic E-state index is -0.676. The first kappa shape index (κ1) is 18.4. The zero-order valence-electron chi connectivity index (χ0n) is 15.1. The summed E-state index contributed by atoms with van der Waals surface area (Å²) in [5.41, 5.74) is 8.07. The molecule has 2 aromatic carbocycles. The first-order valence-electron chi connectivity index (χ1n) is 8.83. The third-order valence-corrected chi connectivity index (χ3v) is 4.56. The van der Waals surface area contributed by atoms with Gasteiger partial charge in [0, 0.05) is 30.0 Å². The highest BCUT2D eigenvalue weighted by molar-refractivity contribution is 6.04. The maximum Gasteiger partial charge on any atom is 0.316 e. The summed E-state index contributed by atoms with van der Waals surface area (Å²) >= 11 is 0. The quantitative estimate of drug-likeness (QED) is 0.758. The van der Waals surface area contributed by atoms with Gasteiger partial charge in [0.2, 0.25) is 11.8 Å². The van der Waals surface area contributed by atoms with Gasteiger partial charge in [0.05, 0.1) is 5.92 Å². The zero-order valence-corrected chi connectivity index (χ0v) is 15.1. The first-order valence-corrected chi connectivity index (χ1v) is 8.83. The topological polar surface area (TPSA) is 105 Å². The van der Waals surface area contributed by atoms with Crippen LogP contribution in [0, 0.1) is 5.92 Å². The summed E-state index contributed by atoms with van der Waals surface area (Å²) in [6.07, 6.45) is 0.986. The van der Waals surface area contributed by atoms with Gasteiger partial charge >= 0.3 is 6.03 Å². The summed E-state index contributed by atoms with van der Waals surface area (Å²) in [5, 5.41) is 5.27. The number of nitrogens with zero attached hydrogens (tertiary/aromatic N) is 1. The first-order chi connectivity index (χ1) is 13.0. The number of carbonyl (C=O) groups is 3. The Hall–Kier alpha value is -3.35. The molecule has 3 rings (SSSR count). The molecule has 1 aliphatic heterocycles. The molecule has 0 bridgehead atoms. The fraction of sp³-hybridized carbons (Fsp3) is 0.250. The monoisotopic (exact) mass is 366 g/mol. The molecule has 0 saturated carbocycles. The van der Waals surface area contributed by atoms with Crippen molar-refractivity contribution in [1.82, 2.24) is 0 Å². The van der Waals surface area contributed by atoms with Crippen molar-refractivity contribution in [3.63, 3.8) is 0 Å². The number of rotatable bonds is 5. The van der Waals surface area contributed by atoms with Gasteiger partial charge in [-0.1, -0.05) is 31.2 Å². The van der Waals surface area contributed by atoms with Crippen LogP contribution in [-0.2, 0) is 16.0 Å². The van der Waals surface area contributed by atoms with E-state index in [1.54, 1.807) is 29.2 Å². The van der Waals surface area contributed by atoms with Crippen molar-refractivity contribution < 1.29 is 14.4 Å². The Morgan fingerprint density at radius 2 is 1.81 bits per heavy atom. The zero-order chi connectivity index (χ0) is 19.4. The number of anilines is 3. The van der Waals surface area contributed by atoms with Crippen LogP contribution in [0.1, 0.15) is 18.9 Å². The Morgan fingerprint density at radius 3 is 2.52 bits per heavy atom. The summed E-state index contributed by atoms with van der Waals surface area (Å²) < 4.78 is 0. The number of benzene rings is 2. The molecule has 1 atom stereocenters. The standard InChI is InChI=1S/C20H22N4O3/c1-2-13-6-3-4-9-17(13)24-12-14(10-18(24)25)19(26)22-15-7-5-8-16(11-15)23-20(21)27/h3-9,11,14H,2,10,12H2,1H3,(H,22,26)(H3,21,23,27). The Balaban J connectivity index is 1.70. The molecule has 4 amide bonds. The predicted octanol–water partition coefficient (Wildman–Crippen LogP) is 2.73. The number of aryl methyl sites for hydroxylation is 1. The molecule has 7 heteroatoms. The second-order valence-electron chi connectivity index (χ2n) is 6.45. The van der Waals surface area contributed by atoms with E-state index < -0.39 is 11.9 Å². The fourth-order valence-corrected chi connectivity index (χ4v) is 3.25. The van der Waals surface area contributed by atoms with Crippen molar-refractivity contribution in [2.45, 2.75) is 19.8 Å². The van der Waals surface area contributed by atoms with Crippen LogP contribution in [0.2, 0.25) is 0 Å². The molecule has 140 valence electrons. The molecule has 1 heterocycles. The highest BCUT2D eigenvalue weighted by Crippen LogP contribution is 2.29. The number of nitrogens with two attached hydrogens (primary N) is 1. The molecule has 1 saturated heterocycles. The lowest BCUT2D eigenvalue weighted by atomic mass is 10.1. The van der Waals surface area contributed by atoms with Crippen LogP contribution in [0.4, 0.5) is 21.9 Å². The smallest absolute Gasteiger partial charge is 0.316 e. The number of hydrogen-bond acceptors (Lipinski definition) is 3. The summed E-state index contributed by atoms with van der Waals surface area (Å²) in [7, 11) is 0. The molecule has 1 aliphatic rings. The van der Waals surface area contributed by atoms with E-state index in [4.69, 9.17) is 5.73 Å². The normalized spacial score (nSPS) is 16.3. The summed E-state index contributed by atoms with van der Waals surface area (Å²) in [6.45, 7) is 2.39. The SMILES string of the molecule is CCc1ccccc1N1CC(C(=O)Nc2cccc(NC(N)=O)c2)CC1=O. The van der Waals surface area contributed by atoms with Crippen LogP contribution in [0.5, 0.6) is 0 Å². The molecule has 2 aromatic rings. The maximum atomic E-state index is 12.6. The highest BCUT2D eigenvalue weighted by atomic mass is 16.2. The van der Waals surface area contributed by atoms with E-state index in [1.807, 2.05) is 31.2 Å². The van der Waals surface area contributed by atoms with E-state index in [0.717, 1.165) is 17.7 Å². The molecule has 27 heavy (non-hydrogen) atoms. The summed E-state index contributed by atoms with van der Waals surface area (Å²) in [6, 6.07) is 13.8. The van der Waals surface area contributed by atoms with Gasteiger partial charge in [-0.25, -0.2) is 4.79 Å². The van der Waals surface area contributed by atoms with E-state index in [9.17, 15) is 14.4 Å². The van der Waals surface area contributed by atoms with Gasteiger partial charge in [-0.05, 0) is 36.2 Å². The van der Waals surface area contributed by atoms with Crippen molar-refractivity contribution in [2.24, 2.45) is 11.7 Å². The number of primary amides is 1. The van der Waals surface area contributed by atoms with E-state index in [1.165, 1.54) is 0 Å². The van der Waals surface area contributed by atoms with E-state index in [2.05, 4.69) is 10.6 Å². The number of amides is 4. The van der Waals surface area contributed by atoms with Gasteiger partial charge in [-0.3, -0.25) is 9.59 Å². The van der Waals surface area contributed by atoms with Crippen molar-refractivity contribution in [3.8, 4) is 0 Å². The van der Waals surface area contributed by atoms with Crippen molar-refractivity contribution >= 4 is 34.9 Å². The van der Waals surface area contributed by atoms with E-state index in [-0.39, 0.29) is 18.2 Å². The molecule has 7 nitrogen and oxygen atoms in total. The lowest BCUT2D eigenvalue weighted by Crippen LogP contribution is -2.28. The van der Waals surface area contributed by atoms with Crippen LogP contribution < -0.4 is 21.3 Å². The van der Waals surface area contributed by atoms with Crippen molar-refractivity contribution in [2.75, 3.05) is 22.1 Å². The van der Waals surface area contributed by atoms with Gasteiger partial charge in [0.1, 0.15) is 0 Å². The molecule has 0 aromatic heterocycles. The molecule has 0 radical (unpaired) electrons. The summed E-state index contributed by atoms with van der Waals surface area (Å²) in [4.78, 5) is 37.7. The number of hydrogen-bond donors (Lipinski definition) is 3. The van der Waals surface area contributed by atoms with Crippen molar-refractivity contribution in [1.29, 1.82) is 0 Å². The predicted molar refractivity (Wildman–Crippen MR) is 105 cm³/mol. The lowest BCUT2D eigenvalue weighted by molar-refractivity contribution is -0.122. The minimum absolute atomic E-state index is 0.0554. The highest BCUT2D eigenvalue weighted by Gasteiger charge is 2.35. The Labute approximate surface area is 157 Å². The second kappa shape index (κ2) is 7.90. The average Bonchev–Trinajstić information content (AvgIpc) is 3.03. The number of urea groups is 1. The summed E-state index contributed by atoms with van der Waals surface area (Å²) in [5.74, 6) is -0.716. The third-order valence-electron chi connectivity index (χ3n) is 4.56. The van der Waals surface area contributed by atoms with E-state index in [0.29, 0.717) is 17.9 Å². The number of para-hydroxylation sites is 1. The van der Waals surface area contributed by atoms with Gasteiger partial charge in [0.25, 0.3) is 0 Å². The minimum Gasteiger partial charge on any atom is -0.351 e. The van der Waals surface area contributed by atoms with Crippen LogP contribution >= 0.6 is 0 Å². The van der Waals surface area contributed by atoms with Crippen LogP contribution in [0.3, 0.4) is 0 Å². The van der Waals surface area contributed by atoms with Crippen LogP contribution in [0.15, 0.2) is 48.5 Å². The second-order valence-corrected chi connectivity index (χ2v) is 6.45. The largest absolute Gasteiger partial charge is 0.351 e. The molecule has 4 N–H and O–H groups in total. The third kappa shape index (κ3) is 4.25. The molecule has 0 aliphatic carbocycles. The molecule has 0 spiro atoms. The van der Waals surface area contributed by atoms with Crippen molar-refractivity contribution in [3.05, 3.63) is 54.1 Å². The molecular weight excluding hydrogens is 344 g/mol. The van der Waals surface area contributed by atoms with Gasteiger partial charge in [-0.15, -0.1) is 0 Å². The van der Waals surface area contributed by atoms with Gasteiger partial charge in [0.15, 0.2) is 0 Å². The van der Waals surface area contributed by atoms with Crippen LogP contribution in [-0.4, -0.2) is 24.4 Å². The maximum absolute atomic E-state index is 12.6. The number of carbonyl (C=O) groups excluding carboxylic acids is 3. The lowest BCUT2D eigenvalue weighted by Gasteiger charge is -2.20. The molecule has 1 fully saturated rings. The fourth-order valence-electron chi connectivity index (χ4n) is 3.25. The Bertz CT molecular complexity index is 881. The van der Waals surface area contributed by atoms with Crippen LogP contribution in [0.25, 0.3) is 0 Å².